The van der Waals surface area contributed by atoms with E-state index in [4.69, 9.17) is 16.3 Å². The molecular weight excluding hydrogens is 470 g/mol. The van der Waals surface area contributed by atoms with E-state index in [9.17, 15) is 13.2 Å². The third-order valence-electron chi connectivity index (χ3n) is 5.31. The van der Waals surface area contributed by atoms with E-state index in [1.54, 1.807) is 30.3 Å². The van der Waals surface area contributed by atoms with Gasteiger partial charge in [-0.15, -0.1) is 0 Å². The van der Waals surface area contributed by atoms with Crippen LogP contribution in [-0.2, 0) is 19.4 Å². The fourth-order valence-corrected chi connectivity index (χ4v) is 5.95. The number of carbonyl (C=O) groups excluding carboxylic acids is 1. The van der Waals surface area contributed by atoms with Crippen LogP contribution in [0.4, 0.5) is 5.13 Å². The summed E-state index contributed by atoms with van der Waals surface area (Å²) in [6.45, 7) is 5.68. The summed E-state index contributed by atoms with van der Waals surface area (Å²) in [5.74, 6) is -1.11. The van der Waals surface area contributed by atoms with Crippen LogP contribution in [0.2, 0.25) is 5.02 Å². The minimum Gasteiger partial charge on any atom is -0.379 e. The third kappa shape index (κ3) is 5.47. The molecule has 0 spiro atoms. The second-order valence-corrected chi connectivity index (χ2v) is 11.1. The van der Waals surface area contributed by atoms with Crippen molar-refractivity contribution >= 4 is 54.0 Å². The van der Waals surface area contributed by atoms with Crippen LogP contribution in [-0.4, -0.2) is 69.4 Å². The summed E-state index contributed by atoms with van der Waals surface area (Å²) < 4.78 is 32.0. The number of aromatic nitrogens is 1. The lowest BCUT2D eigenvalue weighted by Crippen LogP contribution is -2.44. The number of rotatable bonds is 7. The number of fused-ring (bicyclic) bond motifs is 1. The zero-order chi connectivity index (χ0) is 22.7. The number of hydrogen-bond donors (Lipinski definition) is 0. The van der Waals surface area contributed by atoms with Gasteiger partial charge in [-0.2, -0.15) is 0 Å². The molecule has 2 heterocycles. The van der Waals surface area contributed by atoms with E-state index in [1.807, 2.05) is 6.92 Å². The van der Waals surface area contributed by atoms with Gasteiger partial charge in [0.15, 0.2) is 15.0 Å². The number of morpholine rings is 1. The summed E-state index contributed by atoms with van der Waals surface area (Å²) in [6.07, 6.45) is 0. The SMILES string of the molecule is Cc1ccc(S(=O)(=O)CC(=O)N(CCN2CCOCC2)c2nc3ccc(Cl)cc3s2)cc1. The molecule has 1 aliphatic rings. The Bertz CT molecular complexity index is 1210. The first-order valence-electron chi connectivity index (χ1n) is 10.3. The number of hydrogen-bond acceptors (Lipinski definition) is 7. The van der Waals surface area contributed by atoms with E-state index in [0.717, 1.165) is 28.9 Å². The van der Waals surface area contributed by atoms with Gasteiger partial charge >= 0.3 is 0 Å². The summed E-state index contributed by atoms with van der Waals surface area (Å²) in [5, 5.41) is 1.06. The number of nitrogens with zero attached hydrogens (tertiary/aromatic N) is 3. The van der Waals surface area contributed by atoms with Gasteiger partial charge in [-0.3, -0.25) is 14.6 Å². The monoisotopic (exact) mass is 493 g/mol. The molecule has 0 unspecified atom stereocenters. The quantitative estimate of drug-likeness (QED) is 0.502. The van der Waals surface area contributed by atoms with Crippen molar-refractivity contribution in [2.45, 2.75) is 11.8 Å². The Hall–Kier alpha value is -2.04. The van der Waals surface area contributed by atoms with Crippen molar-refractivity contribution < 1.29 is 17.9 Å². The van der Waals surface area contributed by atoms with Crippen LogP contribution in [0.3, 0.4) is 0 Å². The molecule has 0 aliphatic carbocycles. The van der Waals surface area contributed by atoms with Crippen molar-refractivity contribution in [1.29, 1.82) is 0 Å². The molecule has 0 radical (unpaired) electrons. The first-order chi connectivity index (χ1) is 15.3. The van der Waals surface area contributed by atoms with Crippen LogP contribution < -0.4 is 4.90 Å². The number of benzene rings is 2. The largest absolute Gasteiger partial charge is 0.379 e. The minimum atomic E-state index is -3.78. The lowest BCUT2D eigenvalue weighted by Gasteiger charge is -2.29. The molecular formula is C22H24ClN3O4S2. The average molecular weight is 494 g/mol. The van der Waals surface area contributed by atoms with Gasteiger partial charge < -0.3 is 4.74 Å². The molecule has 32 heavy (non-hydrogen) atoms. The molecule has 2 aromatic carbocycles. The molecule has 1 fully saturated rings. The molecule has 1 aromatic heterocycles. The Morgan fingerprint density at radius 3 is 2.62 bits per heavy atom. The van der Waals surface area contributed by atoms with E-state index >= 15 is 0 Å². The molecule has 1 saturated heterocycles. The van der Waals surface area contributed by atoms with Gasteiger partial charge in [-0.05, 0) is 37.3 Å². The smallest absolute Gasteiger partial charge is 0.244 e. The van der Waals surface area contributed by atoms with Crippen molar-refractivity contribution in [3.63, 3.8) is 0 Å². The van der Waals surface area contributed by atoms with E-state index in [-0.39, 0.29) is 4.90 Å². The maximum Gasteiger partial charge on any atom is 0.244 e. The number of carbonyl (C=O) groups is 1. The Kier molecular flexibility index (Phi) is 7.11. The molecule has 170 valence electrons. The predicted octanol–water partition coefficient (Wildman–Crippen LogP) is 3.40. The molecule has 1 aliphatic heterocycles. The summed E-state index contributed by atoms with van der Waals surface area (Å²) in [5.41, 5.74) is 1.68. The highest BCUT2D eigenvalue weighted by Crippen LogP contribution is 2.31. The summed E-state index contributed by atoms with van der Waals surface area (Å²) >= 11 is 7.43. The topological polar surface area (TPSA) is 79.8 Å². The second kappa shape index (κ2) is 9.84. The number of anilines is 1. The highest BCUT2D eigenvalue weighted by molar-refractivity contribution is 7.92. The molecule has 0 atom stereocenters. The Balaban J connectivity index is 1.59. The standard InChI is InChI=1S/C22H24ClN3O4S2/c1-16-2-5-18(6-3-16)32(28,29)15-21(27)26(9-8-25-10-12-30-13-11-25)22-24-19-7-4-17(23)14-20(19)31-22/h2-7,14H,8-13,15H2,1H3. The van der Waals surface area contributed by atoms with Crippen LogP contribution in [0.1, 0.15) is 5.56 Å². The molecule has 10 heteroatoms. The molecule has 0 saturated carbocycles. The van der Waals surface area contributed by atoms with Gasteiger partial charge in [0, 0.05) is 31.2 Å². The van der Waals surface area contributed by atoms with Crippen LogP contribution in [0.5, 0.6) is 0 Å². The maximum absolute atomic E-state index is 13.3. The van der Waals surface area contributed by atoms with Crippen molar-refractivity contribution in [3.8, 4) is 0 Å². The Morgan fingerprint density at radius 2 is 1.91 bits per heavy atom. The number of amides is 1. The molecule has 3 aromatic rings. The predicted molar refractivity (Wildman–Crippen MR) is 127 cm³/mol. The van der Waals surface area contributed by atoms with Crippen molar-refractivity contribution in [3.05, 3.63) is 53.1 Å². The van der Waals surface area contributed by atoms with Gasteiger partial charge in [0.1, 0.15) is 5.75 Å². The van der Waals surface area contributed by atoms with Gasteiger partial charge in [0.25, 0.3) is 0 Å². The number of ether oxygens (including phenoxy) is 1. The van der Waals surface area contributed by atoms with E-state index in [0.29, 0.717) is 36.5 Å². The fraction of sp³-hybridized carbons (Fsp3) is 0.364. The third-order valence-corrected chi connectivity index (χ3v) is 8.20. The fourth-order valence-electron chi connectivity index (χ4n) is 3.46. The van der Waals surface area contributed by atoms with Crippen molar-refractivity contribution in [2.75, 3.05) is 50.0 Å². The first kappa shape index (κ1) is 23.1. The highest BCUT2D eigenvalue weighted by Gasteiger charge is 2.27. The zero-order valence-electron chi connectivity index (χ0n) is 17.7. The molecule has 0 N–H and O–H groups in total. The van der Waals surface area contributed by atoms with Gasteiger partial charge in [-0.1, -0.05) is 40.6 Å². The number of halogens is 1. The zero-order valence-corrected chi connectivity index (χ0v) is 20.0. The van der Waals surface area contributed by atoms with Crippen LogP contribution in [0.25, 0.3) is 10.2 Å². The van der Waals surface area contributed by atoms with Crippen LogP contribution in [0, 0.1) is 6.92 Å². The lowest BCUT2D eigenvalue weighted by molar-refractivity contribution is -0.116. The Labute approximate surface area is 196 Å². The molecule has 1 amide bonds. The van der Waals surface area contributed by atoms with Gasteiger partial charge in [-0.25, -0.2) is 13.4 Å². The second-order valence-electron chi connectivity index (χ2n) is 7.68. The molecule has 4 rings (SSSR count). The van der Waals surface area contributed by atoms with Crippen molar-refractivity contribution in [2.24, 2.45) is 0 Å². The van der Waals surface area contributed by atoms with E-state index in [2.05, 4.69) is 9.88 Å². The Morgan fingerprint density at radius 1 is 1.19 bits per heavy atom. The van der Waals surface area contributed by atoms with E-state index in [1.165, 1.54) is 28.4 Å². The summed E-state index contributed by atoms with van der Waals surface area (Å²) in [4.78, 5) is 21.7. The minimum absolute atomic E-state index is 0.140. The molecule has 7 nitrogen and oxygen atoms in total. The highest BCUT2D eigenvalue weighted by atomic mass is 35.5. The van der Waals surface area contributed by atoms with Gasteiger partial charge in [0.2, 0.25) is 5.91 Å². The summed E-state index contributed by atoms with van der Waals surface area (Å²) in [6, 6.07) is 11.9. The normalized spacial score (nSPS) is 15.2. The summed E-state index contributed by atoms with van der Waals surface area (Å²) in [7, 11) is -3.78. The number of thiazole rings is 1. The molecule has 0 bridgehead atoms. The van der Waals surface area contributed by atoms with Crippen LogP contribution >= 0.6 is 22.9 Å². The van der Waals surface area contributed by atoms with Crippen molar-refractivity contribution in [1.82, 2.24) is 9.88 Å². The van der Waals surface area contributed by atoms with Crippen LogP contribution in [0.15, 0.2) is 47.4 Å². The van der Waals surface area contributed by atoms with E-state index < -0.39 is 21.5 Å². The average Bonchev–Trinajstić information content (AvgIpc) is 3.17. The maximum atomic E-state index is 13.3. The number of aryl methyl sites for hydroxylation is 1. The lowest BCUT2D eigenvalue weighted by atomic mass is 10.2. The number of sulfone groups is 1. The first-order valence-corrected chi connectivity index (χ1v) is 13.1. The van der Waals surface area contributed by atoms with Gasteiger partial charge in [0.05, 0.1) is 28.3 Å².